The Morgan fingerprint density at radius 1 is 1.38 bits per heavy atom. The number of carbonyl (C=O) groups is 1. The first-order chi connectivity index (χ1) is 9.79. The van der Waals surface area contributed by atoms with E-state index in [-0.39, 0.29) is 30.5 Å². The Balaban J connectivity index is 2.28. The fourth-order valence-electron chi connectivity index (χ4n) is 2.20. The molecule has 8 heteroatoms. The van der Waals surface area contributed by atoms with E-state index in [9.17, 15) is 17.6 Å². The number of sulfonamides is 1. The number of nitrogens with one attached hydrogen (secondary N) is 1. The molecule has 1 aliphatic heterocycles. The Hall–Kier alpha value is -1.51. The quantitative estimate of drug-likeness (QED) is 0.873. The summed E-state index contributed by atoms with van der Waals surface area (Å²) in [6.45, 7) is 1.71. The Morgan fingerprint density at radius 2 is 2.00 bits per heavy atom. The molecule has 0 aliphatic carbocycles. The minimum Gasteiger partial charge on any atom is -0.363 e. The molecule has 1 aromatic carbocycles. The minimum atomic E-state index is -3.78. The molecule has 0 radical (unpaired) electrons. The van der Waals surface area contributed by atoms with Gasteiger partial charge in [-0.3, -0.25) is 4.79 Å². The Kier molecular flexibility index (Phi) is 4.31. The number of benzene rings is 1. The molecule has 1 amide bonds. The zero-order valence-corrected chi connectivity index (χ0v) is 12.6. The highest BCUT2D eigenvalue weighted by atomic mass is 32.2. The molecule has 21 heavy (non-hydrogen) atoms. The van der Waals surface area contributed by atoms with E-state index in [1.165, 1.54) is 30.4 Å². The van der Waals surface area contributed by atoms with E-state index < -0.39 is 21.4 Å². The van der Waals surface area contributed by atoms with E-state index in [0.717, 1.165) is 12.1 Å². The van der Waals surface area contributed by atoms with Gasteiger partial charge in [-0.05, 0) is 31.2 Å². The first kappa shape index (κ1) is 15.9. The lowest BCUT2D eigenvalue weighted by atomic mass is 10.0. The molecule has 1 aliphatic rings. The summed E-state index contributed by atoms with van der Waals surface area (Å²) < 4.78 is 44.5. The second kappa shape index (κ2) is 5.70. The van der Waals surface area contributed by atoms with E-state index >= 15 is 0 Å². The van der Waals surface area contributed by atoms with Gasteiger partial charge >= 0.3 is 0 Å². The maximum Gasteiger partial charge on any atom is 0.253 e. The molecule has 0 aromatic heterocycles. The molecule has 0 saturated carbocycles. The van der Waals surface area contributed by atoms with Crippen LogP contribution in [-0.4, -0.2) is 51.0 Å². The van der Waals surface area contributed by atoms with Crippen molar-refractivity contribution in [2.75, 3.05) is 26.7 Å². The van der Waals surface area contributed by atoms with E-state index in [2.05, 4.69) is 5.32 Å². The fraction of sp³-hybridized carbons (Fsp3) is 0.462. The maximum atomic E-state index is 12.9. The number of amides is 1. The molecular weight excluding hydrogens is 299 g/mol. The van der Waals surface area contributed by atoms with Crippen LogP contribution in [0.2, 0.25) is 0 Å². The largest absolute Gasteiger partial charge is 0.363 e. The highest BCUT2D eigenvalue weighted by Crippen LogP contribution is 2.24. The van der Waals surface area contributed by atoms with Gasteiger partial charge in [0.25, 0.3) is 5.91 Å². The number of hydrogen-bond donors (Lipinski definition) is 1. The highest BCUT2D eigenvalue weighted by molar-refractivity contribution is 7.89. The lowest BCUT2D eigenvalue weighted by Gasteiger charge is -2.38. The van der Waals surface area contributed by atoms with E-state index in [1.807, 2.05) is 0 Å². The van der Waals surface area contributed by atoms with Gasteiger partial charge in [0.15, 0.2) is 5.60 Å². The zero-order chi connectivity index (χ0) is 15.7. The Bertz CT molecular complexity index is 632. The highest BCUT2D eigenvalue weighted by Gasteiger charge is 2.42. The smallest absolute Gasteiger partial charge is 0.253 e. The number of ether oxygens (including phenoxy) is 1. The number of halogens is 1. The van der Waals surface area contributed by atoms with Crippen molar-refractivity contribution in [2.24, 2.45) is 0 Å². The van der Waals surface area contributed by atoms with Crippen molar-refractivity contribution in [3.63, 3.8) is 0 Å². The van der Waals surface area contributed by atoms with Gasteiger partial charge < -0.3 is 10.1 Å². The molecule has 0 bridgehead atoms. The molecule has 1 saturated heterocycles. The van der Waals surface area contributed by atoms with Gasteiger partial charge in [-0.15, -0.1) is 0 Å². The number of likely N-dealkylation sites (N-methyl/N-ethyl adjacent to an activating group) is 1. The third-order valence-corrected chi connectivity index (χ3v) is 5.26. The minimum absolute atomic E-state index is 0.00921. The summed E-state index contributed by atoms with van der Waals surface area (Å²) in [5.74, 6) is -0.896. The monoisotopic (exact) mass is 316 g/mol. The third kappa shape index (κ3) is 3.07. The van der Waals surface area contributed by atoms with Gasteiger partial charge in [-0.2, -0.15) is 4.31 Å². The van der Waals surface area contributed by atoms with Crippen molar-refractivity contribution in [3.05, 3.63) is 30.1 Å². The van der Waals surface area contributed by atoms with Gasteiger partial charge in [0.05, 0.1) is 18.0 Å². The van der Waals surface area contributed by atoms with Crippen LogP contribution in [0.4, 0.5) is 4.39 Å². The molecule has 1 aromatic rings. The predicted octanol–water partition coefficient (Wildman–Crippen LogP) is 0.351. The first-order valence-corrected chi connectivity index (χ1v) is 7.85. The molecule has 0 spiro atoms. The average molecular weight is 316 g/mol. The van der Waals surface area contributed by atoms with Crippen LogP contribution in [0, 0.1) is 5.82 Å². The van der Waals surface area contributed by atoms with Crippen molar-refractivity contribution in [1.82, 2.24) is 9.62 Å². The van der Waals surface area contributed by atoms with Crippen LogP contribution >= 0.6 is 0 Å². The van der Waals surface area contributed by atoms with Crippen LogP contribution in [0.15, 0.2) is 29.2 Å². The number of hydrogen-bond acceptors (Lipinski definition) is 4. The van der Waals surface area contributed by atoms with Gasteiger partial charge in [0.2, 0.25) is 10.0 Å². The van der Waals surface area contributed by atoms with Crippen LogP contribution in [-0.2, 0) is 19.6 Å². The standard InChI is InChI=1S/C13H17FN2O4S/c1-13(12(17)15-2)9-16(7-8-20-13)21(18,19)11-5-3-10(14)4-6-11/h3-6H,7-9H2,1-2H3,(H,15,17)/t13-/m1/s1. The number of morpholine rings is 1. The van der Waals surface area contributed by atoms with Crippen molar-refractivity contribution < 1.29 is 22.3 Å². The SMILES string of the molecule is CNC(=O)[C@@]1(C)CN(S(=O)(=O)c2ccc(F)cc2)CCO1. The summed E-state index contributed by atoms with van der Waals surface area (Å²) in [6.07, 6.45) is 0. The van der Waals surface area contributed by atoms with E-state index in [0.29, 0.717) is 0 Å². The lowest BCUT2D eigenvalue weighted by molar-refractivity contribution is -0.151. The van der Waals surface area contributed by atoms with Gasteiger partial charge in [-0.25, -0.2) is 12.8 Å². The molecule has 116 valence electrons. The Labute approximate surface area is 122 Å². The van der Waals surface area contributed by atoms with Crippen LogP contribution in [0.3, 0.4) is 0 Å². The summed E-state index contributed by atoms with van der Waals surface area (Å²) in [5, 5.41) is 2.46. The van der Waals surface area contributed by atoms with Crippen molar-refractivity contribution >= 4 is 15.9 Å². The summed E-state index contributed by atoms with van der Waals surface area (Å²) in [6, 6.07) is 4.59. The predicted molar refractivity (Wildman–Crippen MR) is 73.6 cm³/mol. The van der Waals surface area contributed by atoms with Crippen molar-refractivity contribution in [2.45, 2.75) is 17.4 Å². The molecule has 6 nitrogen and oxygen atoms in total. The lowest BCUT2D eigenvalue weighted by Crippen LogP contribution is -2.58. The van der Waals surface area contributed by atoms with Crippen molar-refractivity contribution in [1.29, 1.82) is 0 Å². The summed E-state index contributed by atoms with van der Waals surface area (Å²) in [7, 11) is -2.32. The molecule has 0 unspecified atom stereocenters. The Morgan fingerprint density at radius 3 is 2.57 bits per heavy atom. The fourth-order valence-corrected chi connectivity index (χ4v) is 3.71. The molecule has 1 fully saturated rings. The maximum absolute atomic E-state index is 12.9. The summed E-state index contributed by atoms with van der Waals surface area (Å²) in [5.41, 5.74) is -1.24. The topological polar surface area (TPSA) is 75.7 Å². The number of carbonyl (C=O) groups excluding carboxylic acids is 1. The molecule has 1 N–H and O–H groups in total. The second-order valence-corrected chi connectivity index (χ2v) is 6.89. The second-order valence-electron chi connectivity index (χ2n) is 4.95. The van der Waals surface area contributed by atoms with Gasteiger partial charge in [-0.1, -0.05) is 0 Å². The molecular formula is C13H17FN2O4S. The van der Waals surface area contributed by atoms with Crippen molar-refractivity contribution in [3.8, 4) is 0 Å². The summed E-state index contributed by atoms with van der Waals surface area (Å²) in [4.78, 5) is 11.8. The van der Waals surface area contributed by atoms with E-state index in [1.54, 1.807) is 0 Å². The van der Waals surface area contributed by atoms with Gasteiger partial charge in [0, 0.05) is 13.6 Å². The normalized spacial score (nSPS) is 23.8. The van der Waals surface area contributed by atoms with Crippen LogP contribution in [0.1, 0.15) is 6.92 Å². The van der Waals surface area contributed by atoms with Crippen LogP contribution in [0.25, 0.3) is 0 Å². The first-order valence-electron chi connectivity index (χ1n) is 6.41. The number of nitrogens with zero attached hydrogens (tertiary/aromatic N) is 1. The molecule has 2 rings (SSSR count). The number of rotatable bonds is 3. The molecule has 1 atom stereocenters. The van der Waals surface area contributed by atoms with Gasteiger partial charge in [0.1, 0.15) is 5.82 Å². The van der Waals surface area contributed by atoms with Crippen LogP contribution in [0.5, 0.6) is 0 Å². The van der Waals surface area contributed by atoms with E-state index in [4.69, 9.17) is 4.74 Å². The average Bonchev–Trinajstić information content (AvgIpc) is 2.47. The van der Waals surface area contributed by atoms with Crippen LogP contribution < -0.4 is 5.32 Å². The third-order valence-electron chi connectivity index (χ3n) is 3.40. The zero-order valence-electron chi connectivity index (χ0n) is 11.8. The summed E-state index contributed by atoms with van der Waals surface area (Å²) >= 11 is 0. The molecule has 1 heterocycles.